The van der Waals surface area contributed by atoms with Crippen LogP contribution in [-0.2, 0) is 0 Å². The van der Waals surface area contributed by atoms with Crippen LogP contribution in [0.25, 0.3) is 5.95 Å². The van der Waals surface area contributed by atoms with E-state index in [1.165, 1.54) is 10.9 Å². The second-order valence-corrected chi connectivity index (χ2v) is 7.03. The van der Waals surface area contributed by atoms with Crippen molar-refractivity contribution in [2.24, 2.45) is 10.2 Å². The minimum atomic E-state index is 0.152. The van der Waals surface area contributed by atoms with E-state index in [4.69, 9.17) is 4.74 Å². The third-order valence-corrected chi connectivity index (χ3v) is 4.97. The summed E-state index contributed by atoms with van der Waals surface area (Å²) in [5, 5.41) is 38.2. The summed E-state index contributed by atoms with van der Waals surface area (Å²) in [6.07, 6.45) is 4.47. The van der Waals surface area contributed by atoms with Gasteiger partial charge in [0.25, 0.3) is 5.95 Å². The molecule has 3 aromatic heterocycles. The molecular weight excluding hydrogens is 446 g/mol. The molecule has 0 aliphatic heterocycles. The van der Waals surface area contributed by atoms with Gasteiger partial charge < -0.3 is 15.4 Å². The van der Waals surface area contributed by atoms with E-state index in [0.29, 0.717) is 34.2 Å². The zero-order valence-electron chi connectivity index (χ0n) is 19.1. The monoisotopic (exact) mass is 465 g/mol. The van der Waals surface area contributed by atoms with E-state index < -0.39 is 0 Å². The van der Waals surface area contributed by atoms with E-state index >= 15 is 0 Å². The lowest BCUT2D eigenvalue weighted by atomic mass is 10.1. The molecule has 0 aliphatic carbocycles. The first-order valence-electron chi connectivity index (χ1n) is 10.3. The van der Waals surface area contributed by atoms with Crippen LogP contribution < -0.4 is 15.4 Å². The Morgan fingerprint density at radius 1 is 1.03 bits per heavy atom. The average molecular weight is 465 g/mol. The molecule has 0 atom stereocenters. The van der Waals surface area contributed by atoms with E-state index in [1.807, 2.05) is 18.2 Å². The number of methoxy groups -OCH3 is 1. The molecule has 3 heterocycles. The number of hydrogen-bond donors (Lipinski definition) is 2. The standard InChI is InChI=1S/C23H19N11O/c1-14-18(12-25)20(30-16-5-7-17(35-3)8-6-16)31-21(26-2)19(14)32-33-22-15(11-24)13-29-34(22)23-27-9-4-10-28-23/h4-10,13H,1-3H3,(H2,26,30,31)/b33-32+. The Morgan fingerprint density at radius 2 is 1.77 bits per heavy atom. The van der Waals surface area contributed by atoms with Gasteiger partial charge in [0.1, 0.15) is 29.1 Å². The van der Waals surface area contributed by atoms with Crippen LogP contribution in [0, 0.1) is 29.6 Å². The molecule has 12 nitrogen and oxygen atoms in total. The number of rotatable bonds is 7. The summed E-state index contributed by atoms with van der Waals surface area (Å²) >= 11 is 0. The molecule has 0 fully saturated rings. The lowest BCUT2D eigenvalue weighted by molar-refractivity contribution is 0.415. The van der Waals surface area contributed by atoms with Crippen LogP contribution in [0.4, 0.5) is 28.8 Å². The zero-order valence-corrected chi connectivity index (χ0v) is 19.1. The second kappa shape index (κ2) is 10.1. The highest BCUT2D eigenvalue weighted by Crippen LogP contribution is 2.36. The van der Waals surface area contributed by atoms with E-state index in [1.54, 1.807) is 51.7 Å². The number of pyridine rings is 1. The first-order valence-corrected chi connectivity index (χ1v) is 10.3. The summed E-state index contributed by atoms with van der Waals surface area (Å²) in [7, 11) is 3.28. The van der Waals surface area contributed by atoms with Crippen molar-refractivity contribution in [1.29, 1.82) is 10.5 Å². The Kier molecular flexibility index (Phi) is 6.56. The van der Waals surface area contributed by atoms with Crippen molar-refractivity contribution in [3.05, 3.63) is 65.6 Å². The molecule has 172 valence electrons. The van der Waals surface area contributed by atoms with Crippen LogP contribution in [0.15, 0.2) is 59.2 Å². The minimum absolute atomic E-state index is 0.152. The molecule has 0 radical (unpaired) electrons. The molecule has 0 unspecified atom stereocenters. The van der Waals surface area contributed by atoms with E-state index in [9.17, 15) is 10.5 Å². The zero-order chi connectivity index (χ0) is 24.8. The van der Waals surface area contributed by atoms with Crippen LogP contribution in [0.1, 0.15) is 16.7 Å². The van der Waals surface area contributed by atoms with Crippen molar-refractivity contribution in [3.8, 4) is 23.8 Å². The molecule has 2 N–H and O–H groups in total. The Hall–Kier alpha value is -5.36. The molecule has 0 amide bonds. The Balaban J connectivity index is 1.76. The Morgan fingerprint density at radius 3 is 2.40 bits per heavy atom. The van der Waals surface area contributed by atoms with Crippen LogP contribution >= 0.6 is 0 Å². The highest BCUT2D eigenvalue weighted by molar-refractivity contribution is 5.76. The summed E-state index contributed by atoms with van der Waals surface area (Å²) in [5.41, 5.74) is 2.11. The topological polar surface area (TPSA) is 162 Å². The van der Waals surface area contributed by atoms with Gasteiger partial charge in [0.15, 0.2) is 17.5 Å². The molecule has 35 heavy (non-hydrogen) atoms. The summed E-state index contributed by atoms with van der Waals surface area (Å²) in [5.74, 6) is 1.85. The number of aromatic nitrogens is 5. The SMILES string of the molecule is CNc1nc(Nc2ccc(OC)cc2)c(C#N)c(C)c1/N=N/c1c(C#N)cnn1-c1ncccn1. The Labute approximate surface area is 200 Å². The molecule has 1 aromatic carbocycles. The predicted octanol–water partition coefficient (Wildman–Crippen LogP) is 4.32. The third-order valence-electron chi connectivity index (χ3n) is 4.97. The van der Waals surface area contributed by atoms with Gasteiger partial charge in [-0.15, -0.1) is 10.2 Å². The van der Waals surface area contributed by atoms with E-state index in [2.05, 4.69) is 47.0 Å². The maximum Gasteiger partial charge on any atom is 0.252 e. The lowest BCUT2D eigenvalue weighted by Gasteiger charge is -2.14. The maximum atomic E-state index is 9.86. The number of anilines is 3. The molecule has 4 rings (SSSR count). The van der Waals surface area contributed by atoms with E-state index in [0.717, 1.165) is 5.69 Å². The van der Waals surface area contributed by atoms with Gasteiger partial charge in [0, 0.05) is 30.7 Å². The summed E-state index contributed by atoms with van der Waals surface area (Å²) in [6, 6.07) is 13.1. The molecule has 0 bridgehead atoms. The first-order chi connectivity index (χ1) is 17.1. The largest absolute Gasteiger partial charge is 0.497 e. The van der Waals surface area contributed by atoms with Crippen molar-refractivity contribution in [1.82, 2.24) is 24.7 Å². The number of hydrogen-bond acceptors (Lipinski definition) is 11. The van der Waals surface area contributed by atoms with Gasteiger partial charge in [0.2, 0.25) is 0 Å². The molecule has 0 saturated carbocycles. The summed E-state index contributed by atoms with van der Waals surface area (Å²) in [4.78, 5) is 12.8. The first kappa shape index (κ1) is 22.8. The van der Waals surface area contributed by atoms with Gasteiger partial charge in [-0.05, 0) is 37.3 Å². The van der Waals surface area contributed by atoms with Crippen LogP contribution in [0.2, 0.25) is 0 Å². The normalized spacial score (nSPS) is 10.5. The van der Waals surface area contributed by atoms with E-state index in [-0.39, 0.29) is 17.3 Å². The second-order valence-electron chi connectivity index (χ2n) is 7.03. The number of benzene rings is 1. The van der Waals surface area contributed by atoms with Gasteiger partial charge in [-0.3, -0.25) is 0 Å². The third kappa shape index (κ3) is 4.58. The van der Waals surface area contributed by atoms with Crippen molar-refractivity contribution in [2.45, 2.75) is 6.92 Å². The van der Waals surface area contributed by atoms with Crippen molar-refractivity contribution >= 4 is 28.8 Å². The van der Waals surface area contributed by atoms with Gasteiger partial charge in [-0.2, -0.15) is 20.3 Å². The smallest absolute Gasteiger partial charge is 0.252 e. The number of ether oxygens (including phenoxy) is 1. The number of nitriles is 2. The van der Waals surface area contributed by atoms with Crippen molar-refractivity contribution in [3.63, 3.8) is 0 Å². The fraction of sp³-hybridized carbons (Fsp3) is 0.130. The molecule has 0 spiro atoms. The van der Waals surface area contributed by atoms with Crippen LogP contribution in [0.3, 0.4) is 0 Å². The van der Waals surface area contributed by atoms with Gasteiger partial charge in [-0.1, -0.05) is 0 Å². The predicted molar refractivity (Wildman–Crippen MR) is 128 cm³/mol. The molecule has 12 heteroatoms. The molecule has 0 saturated heterocycles. The lowest BCUT2D eigenvalue weighted by Crippen LogP contribution is -2.04. The summed E-state index contributed by atoms with van der Waals surface area (Å²) in [6.45, 7) is 1.75. The fourth-order valence-electron chi connectivity index (χ4n) is 3.19. The minimum Gasteiger partial charge on any atom is -0.497 e. The molecular formula is C23H19N11O. The fourth-order valence-corrected chi connectivity index (χ4v) is 3.19. The Bertz CT molecular complexity index is 1460. The van der Waals surface area contributed by atoms with Gasteiger partial charge >= 0.3 is 0 Å². The van der Waals surface area contributed by atoms with Gasteiger partial charge in [-0.25, -0.2) is 15.0 Å². The van der Waals surface area contributed by atoms with Gasteiger partial charge in [0.05, 0.1) is 18.9 Å². The number of nitrogens with zero attached hydrogens (tertiary/aromatic N) is 9. The van der Waals surface area contributed by atoms with Crippen LogP contribution in [0.5, 0.6) is 5.75 Å². The van der Waals surface area contributed by atoms with Crippen molar-refractivity contribution in [2.75, 3.05) is 24.8 Å². The number of azo groups is 1. The maximum absolute atomic E-state index is 9.86. The summed E-state index contributed by atoms with van der Waals surface area (Å²) < 4.78 is 6.50. The van der Waals surface area contributed by atoms with Crippen molar-refractivity contribution < 1.29 is 4.74 Å². The quantitative estimate of drug-likeness (QED) is 0.378. The highest BCUT2D eigenvalue weighted by Gasteiger charge is 2.19. The molecule has 4 aromatic rings. The highest BCUT2D eigenvalue weighted by atomic mass is 16.5. The molecule has 0 aliphatic rings. The number of nitrogens with one attached hydrogen (secondary N) is 2. The van der Waals surface area contributed by atoms with Crippen LogP contribution in [-0.4, -0.2) is 38.9 Å². The average Bonchev–Trinajstić information content (AvgIpc) is 3.32.